The molecule has 0 bridgehead atoms. The van der Waals surface area contributed by atoms with E-state index >= 15 is 0 Å². The lowest BCUT2D eigenvalue weighted by atomic mass is 10.2. The van der Waals surface area contributed by atoms with Gasteiger partial charge in [-0.15, -0.1) is 11.6 Å². The number of anilines is 1. The van der Waals surface area contributed by atoms with E-state index in [2.05, 4.69) is 24.0 Å². The van der Waals surface area contributed by atoms with E-state index in [-0.39, 0.29) is 0 Å². The molecule has 0 saturated carbocycles. The number of halogens is 1. The van der Waals surface area contributed by atoms with E-state index in [1.54, 1.807) is 0 Å². The fraction of sp³-hybridized carbons (Fsp3) is 0.688. The lowest BCUT2D eigenvalue weighted by Gasteiger charge is -2.24. The third-order valence-electron chi connectivity index (χ3n) is 3.18. The summed E-state index contributed by atoms with van der Waals surface area (Å²) >= 11 is 5.99. The Bertz CT molecular complexity index is 370. The Hall–Kier alpha value is -0.840. The maximum atomic E-state index is 5.99. The first kappa shape index (κ1) is 18.2. The smallest absolute Gasteiger partial charge is 0.129 e. The van der Waals surface area contributed by atoms with Gasteiger partial charge in [-0.2, -0.15) is 0 Å². The van der Waals surface area contributed by atoms with Gasteiger partial charge in [0.1, 0.15) is 5.82 Å². The molecule has 0 aliphatic carbocycles. The maximum absolute atomic E-state index is 5.99. The molecule has 0 fully saturated rings. The second-order valence-corrected chi connectivity index (χ2v) is 4.96. The summed E-state index contributed by atoms with van der Waals surface area (Å²) in [5.41, 5.74) is 2.18. The average Bonchev–Trinajstić information content (AvgIpc) is 2.53. The summed E-state index contributed by atoms with van der Waals surface area (Å²) in [5.74, 6) is 1.47. The molecule has 0 saturated heterocycles. The van der Waals surface area contributed by atoms with Crippen molar-refractivity contribution in [2.75, 3.05) is 44.4 Å². The van der Waals surface area contributed by atoms with E-state index in [1.165, 1.54) is 0 Å². The van der Waals surface area contributed by atoms with E-state index in [9.17, 15) is 0 Å². The molecule has 120 valence electrons. The van der Waals surface area contributed by atoms with Crippen molar-refractivity contribution in [2.45, 2.75) is 33.1 Å². The van der Waals surface area contributed by atoms with Gasteiger partial charge < -0.3 is 14.4 Å². The zero-order valence-electron chi connectivity index (χ0n) is 13.4. The Kier molecular flexibility index (Phi) is 9.39. The minimum absolute atomic E-state index is 0.507. The van der Waals surface area contributed by atoms with Gasteiger partial charge >= 0.3 is 0 Å². The highest BCUT2D eigenvalue weighted by atomic mass is 35.5. The monoisotopic (exact) mass is 314 g/mol. The van der Waals surface area contributed by atoms with Gasteiger partial charge in [0.25, 0.3) is 0 Å². The highest BCUT2D eigenvalue weighted by molar-refractivity contribution is 6.17. The Balaban J connectivity index is 2.83. The van der Waals surface area contributed by atoms with Crippen molar-refractivity contribution < 1.29 is 9.47 Å². The molecule has 0 aliphatic heterocycles. The Morgan fingerprint density at radius 3 is 2.14 bits per heavy atom. The molecule has 0 amide bonds. The maximum Gasteiger partial charge on any atom is 0.129 e. The predicted octanol–water partition coefficient (Wildman–Crippen LogP) is 3.26. The van der Waals surface area contributed by atoms with Crippen molar-refractivity contribution in [1.29, 1.82) is 0 Å². The van der Waals surface area contributed by atoms with Crippen LogP contribution >= 0.6 is 11.6 Å². The van der Waals surface area contributed by atoms with Crippen LogP contribution in [-0.4, -0.2) is 44.5 Å². The third-order valence-corrected chi connectivity index (χ3v) is 3.49. The Morgan fingerprint density at radius 1 is 1.05 bits per heavy atom. The summed E-state index contributed by atoms with van der Waals surface area (Å²) in [6.07, 6.45) is 0.905. The molecule has 0 aromatic carbocycles. The van der Waals surface area contributed by atoms with Gasteiger partial charge in [-0.1, -0.05) is 6.92 Å². The van der Waals surface area contributed by atoms with E-state index in [0.29, 0.717) is 19.1 Å². The third kappa shape index (κ3) is 6.64. The van der Waals surface area contributed by atoms with Crippen LogP contribution in [0.4, 0.5) is 5.82 Å². The quantitative estimate of drug-likeness (QED) is 0.464. The second-order valence-electron chi connectivity index (χ2n) is 4.69. The van der Waals surface area contributed by atoms with Crippen molar-refractivity contribution in [3.05, 3.63) is 23.4 Å². The standard InChI is InChI=1S/C16H27ClN2O2/c1-4-15-11-14(13-17)12-16(18-15)19(7-9-20-5-2)8-10-21-6-3/h11-12H,4-10,13H2,1-3H3. The van der Waals surface area contributed by atoms with Crippen LogP contribution in [0.2, 0.25) is 0 Å². The lowest BCUT2D eigenvalue weighted by molar-refractivity contribution is 0.141. The first-order chi connectivity index (χ1) is 10.2. The minimum Gasteiger partial charge on any atom is -0.380 e. The van der Waals surface area contributed by atoms with Crippen molar-refractivity contribution in [3.8, 4) is 0 Å². The van der Waals surface area contributed by atoms with Crippen LogP contribution in [0.3, 0.4) is 0 Å². The molecule has 0 atom stereocenters. The minimum atomic E-state index is 0.507. The number of aromatic nitrogens is 1. The Labute approximate surface area is 133 Å². The highest BCUT2D eigenvalue weighted by Gasteiger charge is 2.10. The number of ether oxygens (including phenoxy) is 2. The van der Waals surface area contributed by atoms with Gasteiger partial charge in [0, 0.05) is 37.9 Å². The molecule has 4 nitrogen and oxygen atoms in total. The van der Waals surface area contributed by atoms with E-state index in [0.717, 1.165) is 49.8 Å². The van der Waals surface area contributed by atoms with Crippen LogP contribution in [0, 0.1) is 0 Å². The highest BCUT2D eigenvalue weighted by Crippen LogP contribution is 2.17. The molecule has 1 rings (SSSR count). The van der Waals surface area contributed by atoms with E-state index < -0.39 is 0 Å². The molecule has 0 radical (unpaired) electrons. The lowest BCUT2D eigenvalue weighted by Crippen LogP contribution is -2.32. The number of alkyl halides is 1. The molecule has 21 heavy (non-hydrogen) atoms. The van der Waals surface area contributed by atoms with Crippen molar-refractivity contribution in [3.63, 3.8) is 0 Å². The van der Waals surface area contributed by atoms with Crippen LogP contribution in [-0.2, 0) is 21.8 Å². The first-order valence-electron chi connectivity index (χ1n) is 7.71. The van der Waals surface area contributed by atoms with Crippen LogP contribution in [0.1, 0.15) is 32.0 Å². The molecule has 5 heteroatoms. The average molecular weight is 315 g/mol. The van der Waals surface area contributed by atoms with Gasteiger partial charge in [-0.3, -0.25) is 0 Å². The van der Waals surface area contributed by atoms with Crippen molar-refractivity contribution >= 4 is 17.4 Å². The van der Waals surface area contributed by atoms with Crippen LogP contribution in [0.25, 0.3) is 0 Å². The molecule has 0 unspecified atom stereocenters. The first-order valence-corrected chi connectivity index (χ1v) is 8.24. The van der Waals surface area contributed by atoms with Gasteiger partial charge in [0.05, 0.1) is 13.2 Å². The molecular weight excluding hydrogens is 288 g/mol. The SMILES string of the molecule is CCOCCN(CCOCC)c1cc(CCl)cc(CC)n1. The molecule has 1 aromatic rings. The van der Waals surface area contributed by atoms with Gasteiger partial charge in [0.2, 0.25) is 0 Å². The normalized spacial score (nSPS) is 10.9. The summed E-state index contributed by atoms with van der Waals surface area (Å²) < 4.78 is 10.9. The zero-order chi connectivity index (χ0) is 15.5. The van der Waals surface area contributed by atoms with Crippen molar-refractivity contribution in [2.24, 2.45) is 0 Å². The van der Waals surface area contributed by atoms with Crippen LogP contribution in [0.5, 0.6) is 0 Å². The number of hydrogen-bond acceptors (Lipinski definition) is 4. The molecule has 1 heterocycles. The van der Waals surface area contributed by atoms with Gasteiger partial charge in [-0.25, -0.2) is 4.98 Å². The summed E-state index contributed by atoms with van der Waals surface area (Å²) in [6, 6.07) is 4.13. The molecule has 0 N–H and O–H groups in total. The molecular formula is C16H27ClN2O2. The zero-order valence-corrected chi connectivity index (χ0v) is 14.2. The van der Waals surface area contributed by atoms with Crippen molar-refractivity contribution in [1.82, 2.24) is 4.98 Å². The Morgan fingerprint density at radius 2 is 1.67 bits per heavy atom. The largest absolute Gasteiger partial charge is 0.380 e. The van der Waals surface area contributed by atoms with Crippen LogP contribution in [0.15, 0.2) is 12.1 Å². The predicted molar refractivity (Wildman–Crippen MR) is 88.4 cm³/mol. The van der Waals surface area contributed by atoms with Crippen LogP contribution < -0.4 is 4.90 Å². The van der Waals surface area contributed by atoms with E-state index in [1.807, 2.05) is 13.8 Å². The summed E-state index contributed by atoms with van der Waals surface area (Å²) in [4.78, 5) is 6.92. The number of rotatable bonds is 11. The van der Waals surface area contributed by atoms with E-state index in [4.69, 9.17) is 26.1 Å². The van der Waals surface area contributed by atoms with Gasteiger partial charge in [0.15, 0.2) is 0 Å². The molecule has 0 aliphatic rings. The number of hydrogen-bond donors (Lipinski definition) is 0. The topological polar surface area (TPSA) is 34.6 Å². The molecule has 0 spiro atoms. The number of aryl methyl sites for hydroxylation is 1. The fourth-order valence-electron chi connectivity index (χ4n) is 2.03. The number of nitrogens with zero attached hydrogens (tertiary/aromatic N) is 2. The fourth-order valence-corrected chi connectivity index (χ4v) is 2.19. The summed E-state index contributed by atoms with van der Waals surface area (Å²) in [7, 11) is 0. The molecule has 1 aromatic heterocycles. The summed E-state index contributed by atoms with van der Waals surface area (Å²) in [6.45, 7) is 10.6. The summed E-state index contributed by atoms with van der Waals surface area (Å²) in [5, 5.41) is 0. The second kappa shape index (κ2) is 10.8. The van der Waals surface area contributed by atoms with Gasteiger partial charge in [-0.05, 0) is 38.0 Å². The number of pyridine rings is 1.